The first kappa shape index (κ1) is 7.29. The molecular weight excluding hydrogens is 126 g/mol. The Morgan fingerprint density at radius 3 is 2.56 bits per heavy atom. The van der Waals surface area contributed by atoms with Crippen LogP contribution >= 0.6 is 0 Å². The van der Waals surface area contributed by atoms with Crippen molar-refractivity contribution in [3.8, 4) is 0 Å². The van der Waals surface area contributed by atoms with Gasteiger partial charge in [0.2, 0.25) is 0 Å². The maximum absolute atomic E-state index is 2.71. The summed E-state index contributed by atoms with van der Waals surface area (Å²) in [6, 6.07) is 1.53. The van der Waals surface area contributed by atoms with Gasteiger partial charge in [0.05, 0.1) is 9.68 Å². The molecule has 0 aromatic carbocycles. The second-order valence-corrected chi connectivity index (χ2v) is 4.95. The van der Waals surface area contributed by atoms with Gasteiger partial charge in [-0.3, -0.25) is 0 Å². The summed E-state index contributed by atoms with van der Waals surface area (Å²) in [4.78, 5) is 0. The van der Waals surface area contributed by atoms with Gasteiger partial charge >= 0.3 is 0 Å². The summed E-state index contributed by atoms with van der Waals surface area (Å²) in [5.41, 5.74) is 0. The van der Waals surface area contributed by atoms with Crippen LogP contribution in [0.15, 0.2) is 0 Å². The predicted octanol–water partition coefficient (Wildman–Crippen LogP) is 0.994. The lowest BCUT2D eigenvalue weighted by Gasteiger charge is -2.11. The van der Waals surface area contributed by atoms with E-state index in [2.05, 4.69) is 11.5 Å². The van der Waals surface area contributed by atoms with Gasteiger partial charge in [0.15, 0.2) is 0 Å². The lowest BCUT2D eigenvalue weighted by atomic mass is 10.4. The van der Waals surface area contributed by atoms with Crippen molar-refractivity contribution in [3.63, 3.8) is 0 Å². The van der Waals surface area contributed by atoms with Gasteiger partial charge in [-0.1, -0.05) is 19.4 Å². The van der Waals surface area contributed by atoms with Crippen molar-refractivity contribution < 1.29 is 0 Å². The van der Waals surface area contributed by atoms with Crippen LogP contribution < -0.4 is 0 Å². The summed E-state index contributed by atoms with van der Waals surface area (Å²) in [6.07, 6.45) is 4.34. The Balaban J connectivity index is 1.98. The Hall–Kier alpha value is 0.177. The molecule has 0 N–H and O–H groups in total. The highest BCUT2D eigenvalue weighted by molar-refractivity contribution is 6.31. The van der Waals surface area contributed by atoms with Gasteiger partial charge in [-0.2, -0.15) is 0 Å². The molecule has 2 heteroatoms. The van der Waals surface area contributed by atoms with Crippen LogP contribution in [-0.2, 0) is 0 Å². The second-order valence-electron chi connectivity index (χ2n) is 2.90. The minimum atomic E-state index is 0.221. The first-order valence-corrected chi connectivity index (χ1v) is 5.79. The van der Waals surface area contributed by atoms with Gasteiger partial charge in [-0.25, -0.2) is 0 Å². The maximum Gasteiger partial charge on any atom is 0.0950 e. The van der Waals surface area contributed by atoms with E-state index in [-0.39, 0.29) is 9.68 Å². The van der Waals surface area contributed by atoms with Gasteiger partial charge in [0.25, 0.3) is 0 Å². The normalized spacial score (nSPS) is 22.3. The fourth-order valence-electron chi connectivity index (χ4n) is 1.39. The number of hydrogen-bond donors (Lipinski definition) is 0. The summed E-state index contributed by atoms with van der Waals surface area (Å²) in [7, 11) is 0.221. The highest BCUT2D eigenvalue weighted by Crippen LogP contribution is 2.06. The third-order valence-electron chi connectivity index (χ3n) is 2.03. The van der Waals surface area contributed by atoms with Gasteiger partial charge in [-0.15, -0.1) is 0 Å². The van der Waals surface area contributed by atoms with E-state index in [0.717, 1.165) is 0 Å². The lowest BCUT2D eigenvalue weighted by Crippen LogP contribution is -2.23. The number of hydrogen-bond acceptors (Lipinski definition) is 1. The number of rotatable bonds is 3. The topological polar surface area (TPSA) is 3.24 Å². The van der Waals surface area contributed by atoms with Crippen LogP contribution in [0.3, 0.4) is 0 Å². The van der Waals surface area contributed by atoms with Crippen LogP contribution in [0.5, 0.6) is 0 Å². The molecule has 1 saturated heterocycles. The molecule has 0 unspecified atom stereocenters. The molecule has 0 aromatic heterocycles. The molecule has 1 fully saturated rings. The zero-order valence-electron chi connectivity index (χ0n) is 6.40. The van der Waals surface area contributed by atoms with Crippen LogP contribution in [-0.4, -0.2) is 27.3 Å². The molecule has 0 atom stereocenters. The van der Waals surface area contributed by atoms with Crippen molar-refractivity contribution in [2.75, 3.05) is 13.1 Å². The first-order valence-electron chi connectivity index (χ1n) is 4.16. The van der Waals surface area contributed by atoms with Crippen LogP contribution in [0.25, 0.3) is 0 Å². The van der Waals surface area contributed by atoms with Crippen molar-refractivity contribution >= 4 is 9.68 Å². The minimum Gasteiger partial charge on any atom is -0.329 e. The second kappa shape index (κ2) is 4.07. The molecule has 1 heterocycles. The molecular formula is C7H17NSi. The van der Waals surface area contributed by atoms with Crippen molar-refractivity contribution in [2.45, 2.75) is 32.2 Å². The smallest absolute Gasteiger partial charge is 0.0950 e. The minimum absolute atomic E-state index is 0.221. The van der Waals surface area contributed by atoms with E-state index in [0.29, 0.717) is 0 Å². The molecule has 0 bridgehead atoms. The summed E-state index contributed by atoms with van der Waals surface area (Å²) < 4.78 is 2.71. The van der Waals surface area contributed by atoms with E-state index in [1.165, 1.54) is 38.4 Å². The molecule has 1 aliphatic heterocycles. The average Bonchev–Trinajstić information content (AvgIpc) is 2.34. The van der Waals surface area contributed by atoms with Crippen molar-refractivity contribution in [3.05, 3.63) is 0 Å². The molecule has 1 rings (SSSR count). The van der Waals surface area contributed by atoms with E-state index in [4.69, 9.17) is 0 Å². The monoisotopic (exact) mass is 143 g/mol. The molecule has 9 heavy (non-hydrogen) atoms. The highest BCUT2D eigenvalue weighted by Gasteiger charge is 2.09. The Labute approximate surface area is 60.3 Å². The van der Waals surface area contributed by atoms with E-state index in [1.807, 2.05) is 0 Å². The van der Waals surface area contributed by atoms with Crippen LogP contribution in [0, 0.1) is 0 Å². The van der Waals surface area contributed by atoms with Crippen molar-refractivity contribution in [2.24, 2.45) is 0 Å². The third kappa shape index (κ3) is 2.50. The zero-order valence-corrected chi connectivity index (χ0v) is 7.81. The quantitative estimate of drug-likeness (QED) is 0.533. The summed E-state index contributed by atoms with van der Waals surface area (Å²) in [5, 5.41) is 0. The molecule has 0 aromatic rings. The van der Waals surface area contributed by atoms with Crippen LogP contribution in [0.1, 0.15) is 26.2 Å². The van der Waals surface area contributed by atoms with Gasteiger partial charge in [0.1, 0.15) is 0 Å². The Bertz CT molecular complexity index is 69.3. The molecule has 0 aliphatic carbocycles. The standard InChI is InChI=1S/C7H17NSi/c1-2-7-9-8-5-3-4-6-8/h2-7,9H2,1H3. The van der Waals surface area contributed by atoms with Gasteiger partial charge in [0, 0.05) is 0 Å². The Morgan fingerprint density at radius 2 is 2.00 bits per heavy atom. The van der Waals surface area contributed by atoms with E-state index >= 15 is 0 Å². The molecule has 1 nitrogen and oxygen atoms in total. The van der Waals surface area contributed by atoms with Crippen molar-refractivity contribution in [1.29, 1.82) is 0 Å². The van der Waals surface area contributed by atoms with Crippen LogP contribution in [0.4, 0.5) is 0 Å². The SMILES string of the molecule is CCC[SiH2]N1CCCC1. The Morgan fingerprint density at radius 1 is 1.33 bits per heavy atom. The molecule has 0 saturated carbocycles. The first-order chi connectivity index (χ1) is 4.43. The Kier molecular flexibility index (Phi) is 3.29. The van der Waals surface area contributed by atoms with Gasteiger partial charge in [-0.05, 0) is 25.9 Å². The molecule has 1 aliphatic rings. The van der Waals surface area contributed by atoms with E-state index in [9.17, 15) is 0 Å². The fourth-order valence-corrected chi connectivity index (χ4v) is 3.05. The highest BCUT2D eigenvalue weighted by atomic mass is 28.2. The summed E-state index contributed by atoms with van der Waals surface area (Å²) in [6.45, 7) is 5.14. The number of nitrogens with zero attached hydrogens (tertiary/aromatic N) is 1. The maximum atomic E-state index is 2.71. The van der Waals surface area contributed by atoms with Gasteiger partial charge < -0.3 is 4.57 Å². The molecule has 0 radical (unpaired) electrons. The van der Waals surface area contributed by atoms with Crippen LogP contribution in [0.2, 0.25) is 6.04 Å². The third-order valence-corrected chi connectivity index (χ3v) is 4.31. The molecule has 0 spiro atoms. The average molecular weight is 143 g/mol. The predicted molar refractivity (Wildman–Crippen MR) is 44.4 cm³/mol. The largest absolute Gasteiger partial charge is 0.329 e. The van der Waals surface area contributed by atoms with Crippen molar-refractivity contribution in [1.82, 2.24) is 4.57 Å². The zero-order chi connectivity index (χ0) is 6.53. The van der Waals surface area contributed by atoms with E-state index in [1.54, 1.807) is 0 Å². The molecule has 54 valence electrons. The van der Waals surface area contributed by atoms with E-state index < -0.39 is 0 Å². The summed E-state index contributed by atoms with van der Waals surface area (Å²) >= 11 is 0. The summed E-state index contributed by atoms with van der Waals surface area (Å²) in [5.74, 6) is 0. The molecule has 0 amide bonds. The lowest BCUT2D eigenvalue weighted by molar-refractivity contribution is 0.548. The fraction of sp³-hybridized carbons (Fsp3) is 1.00.